The van der Waals surface area contributed by atoms with Crippen molar-refractivity contribution in [3.63, 3.8) is 0 Å². The van der Waals surface area contributed by atoms with Crippen molar-refractivity contribution in [3.8, 4) is 0 Å². The summed E-state index contributed by atoms with van der Waals surface area (Å²) in [7, 11) is 0. The molecule has 33 heavy (non-hydrogen) atoms. The molecule has 1 aliphatic carbocycles. The van der Waals surface area contributed by atoms with Crippen LogP contribution in [0.4, 0.5) is 4.39 Å². The molecular formula is C28H30FN3O. The van der Waals surface area contributed by atoms with E-state index in [9.17, 15) is 9.18 Å². The maximum Gasteiger partial charge on any atom is 0.224 e. The number of nitrogens with one attached hydrogen (secondary N) is 1. The number of fused-ring (bicyclic) bond motifs is 1. The minimum absolute atomic E-state index is 0.00585. The average Bonchev–Trinajstić information content (AvgIpc) is 3.26. The van der Waals surface area contributed by atoms with Gasteiger partial charge in [0.2, 0.25) is 5.91 Å². The first kappa shape index (κ1) is 21.8. The topological polar surface area (TPSA) is 45.2 Å². The number of hydrogen-bond donors (Lipinski definition) is 1. The second-order valence-corrected chi connectivity index (χ2v) is 9.37. The van der Waals surface area contributed by atoms with Gasteiger partial charge in [-0.15, -0.1) is 0 Å². The number of halogens is 1. The molecule has 0 bridgehead atoms. The van der Waals surface area contributed by atoms with Crippen LogP contribution in [0, 0.1) is 17.7 Å². The van der Waals surface area contributed by atoms with Crippen molar-refractivity contribution in [2.45, 2.75) is 31.7 Å². The van der Waals surface area contributed by atoms with Gasteiger partial charge < -0.3 is 10.2 Å². The Morgan fingerprint density at radius 1 is 0.970 bits per heavy atom. The van der Waals surface area contributed by atoms with Crippen LogP contribution in [0.15, 0.2) is 72.9 Å². The molecule has 1 aromatic heterocycles. The molecule has 1 atom stereocenters. The van der Waals surface area contributed by atoms with E-state index >= 15 is 0 Å². The molecule has 2 aliphatic rings. The Hall–Kier alpha value is -3.05. The number of nitrogens with zero attached hydrogens (tertiary/aromatic N) is 2. The zero-order valence-corrected chi connectivity index (χ0v) is 18.8. The number of piperidine rings is 1. The molecule has 0 unspecified atom stereocenters. The maximum atomic E-state index is 13.5. The lowest BCUT2D eigenvalue weighted by Crippen LogP contribution is -2.43. The quantitative estimate of drug-likeness (QED) is 0.608. The lowest BCUT2D eigenvalue weighted by atomic mass is 9.93. The van der Waals surface area contributed by atoms with E-state index in [1.165, 1.54) is 36.1 Å². The minimum Gasteiger partial charge on any atom is -0.343 e. The zero-order valence-electron chi connectivity index (χ0n) is 18.8. The average molecular weight is 444 g/mol. The van der Waals surface area contributed by atoms with Gasteiger partial charge >= 0.3 is 0 Å². The van der Waals surface area contributed by atoms with Gasteiger partial charge in [-0.05, 0) is 85.6 Å². The van der Waals surface area contributed by atoms with Crippen LogP contribution in [0.2, 0.25) is 0 Å². The van der Waals surface area contributed by atoms with E-state index in [1.807, 2.05) is 18.2 Å². The number of hydrogen-bond acceptors (Lipinski definition) is 3. The number of carbonyl (C=O) groups excluding carboxylic acids is 1. The molecule has 0 saturated carbocycles. The second kappa shape index (κ2) is 9.84. The lowest BCUT2D eigenvalue weighted by Gasteiger charge is -2.33. The molecule has 5 heteroatoms. The molecule has 0 radical (unpaired) electrons. The van der Waals surface area contributed by atoms with Crippen molar-refractivity contribution in [1.82, 2.24) is 15.2 Å². The highest BCUT2D eigenvalue weighted by molar-refractivity contribution is 5.79. The number of benzene rings is 2. The van der Waals surface area contributed by atoms with Gasteiger partial charge in [0, 0.05) is 18.7 Å². The number of aromatic nitrogens is 1. The first-order valence-electron chi connectivity index (χ1n) is 11.9. The van der Waals surface area contributed by atoms with E-state index in [4.69, 9.17) is 0 Å². The normalized spacial score (nSPS) is 18.1. The Labute approximate surface area is 194 Å². The molecule has 1 N–H and O–H groups in total. The first-order chi connectivity index (χ1) is 16.2. The van der Waals surface area contributed by atoms with Crippen LogP contribution < -0.4 is 5.32 Å². The molecule has 0 spiro atoms. The Morgan fingerprint density at radius 3 is 2.27 bits per heavy atom. The summed E-state index contributed by atoms with van der Waals surface area (Å²) in [5.74, 6) is 0.443. The van der Waals surface area contributed by atoms with Crippen LogP contribution >= 0.6 is 0 Å². The summed E-state index contributed by atoms with van der Waals surface area (Å²) < 4.78 is 13.5. The van der Waals surface area contributed by atoms with Crippen molar-refractivity contribution in [2.24, 2.45) is 11.8 Å². The van der Waals surface area contributed by atoms with Crippen LogP contribution in [-0.4, -0.2) is 35.4 Å². The smallest absolute Gasteiger partial charge is 0.224 e. The molecule has 3 aromatic rings. The Bertz CT molecular complexity index is 1050. The van der Waals surface area contributed by atoms with Crippen molar-refractivity contribution >= 4 is 5.91 Å². The highest BCUT2D eigenvalue weighted by Gasteiger charge is 2.30. The molecule has 1 amide bonds. The van der Waals surface area contributed by atoms with Crippen molar-refractivity contribution in [3.05, 3.63) is 101 Å². The highest BCUT2D eigenvalue weighted by atomic mass is 19.1. The van der Waals surface area contributed by atoms with Crippen molar-refractivity contribution in [1.29, 1.82) is 0 Å². The summed E-state index contributed by atoms with van der Waals surface area (Å²) in [6, 6.07) is 20.4. The largest absolute Gasteiger partial charge is 0.343 e. The van der Waals surface area contributed by atoms with E-state index in [1.54, 1.807) is 18.3 Å². The predicted molar refractivity (Wildman–Crippen MR) is 127 cm³/mol. The van der Waals surface area contributed by atoms with E-state index in [2.05, 4.69) is 39.5 Å². The third kappa shape index (κ3) is 5.14. The Kier molecular flexibility index (Phi) is 6.49. The van der Waals surface area contributed by atoms with E-state index < -0.39 is 0 Å². The van der Waals surface area contributed by atoms with Crippen LogP contribution in [0.25, 0.3) is 0 Å². The minimum atomic E-state index is -0.380. The first-order valence-corrected chi connectivity index (χ1v) is 11.9. The number of rotatable bonds is 6. The van der Waals surface area contributed by atoms with Crippen molar-refractivity contribution < 1.29 is 9.18 Å². The highest BCUT2D eigenvalue weighted by Crippen LogP contribution is 2.29. The van der Waals surface area contributed by atoms with Crippen LogP contribution in [0.5, 0.6) is 0 Å². The number of pyridine rings is 1. The molecule has 1 aliphatic heterocycles. The Balaban J connectivity index is 1.18. The van der Waals surface area contributed by atoms with Gasteiger partial charge in [0.1, 0.15) is 5.82 Å². The summed E-state index contributed by atoms with van der Waals surface area (Å²) >= 11 is 0. The summed E-state index contributed by atoms with van der Waals surface area (Å²) in [6.07, 6.45) is 5.78. The SMILES string of the molecule is O=C(N[C@@H](c1ccc(F)cc1)c1ccccn1)C1CCN(CC2Cc3ccccc3C2)CC1. The monoisotopic (exact) mass is 443 g/mol. The summed E-state index contributed by atoms with van der Waals surface area (Å²) in [5, 5.41) is 3.20. The summed E-state index contributed by atoms with van der Waals surface area (Å²) in [4.78, 5) is 20.2. The number of carbonyl (C=O) groups is 1. The van der Waals surface area contributed by atoms with Gasteiger partial charge in [0.15, 0.2) is 0 Å². The molecule has 2 heterocycles. The van der Waals surface area contributed by atoms with Gasteiger partial charge in [0.05, 0.1) is 11.7 Å². The second-order valence-electron chi connectivity index (χ2n) is 9.37. The van der Waals surface area contributed by atoms with Gasteiger partial charge in [-0.25, -0.2) is 4.39 Å². The Morgan fingerprint density at radius 2 is 1.64 bits per heavy atom. The maximum absolute atomic E-state index is 13.5. The van der Waals surface area contributed by atoms with Gasteiger partial charge in [-0.1, -0.05) is 42.5 Å². The van der Waals surface area contributed by atoms with Gasteiger partial charge in [-0.3, -0.25) is 9.78 Å². The summed E-state index contributed by atoms with van der Waals surface area (Å²) in [6.45, 7) is 3.01. The fourth-order valence-corrected chi connectivity index (χ4v) is 5.31. The summed E-state index contributed by atoms with van der Waals surface area (Å²) in [5.41, 5.74) is 4.59. The molecule has 1 saturated heterocycles. The predicted octanol–water partition coefficient (Wildman–Crippen LogP) is 4.55. The van der Waals surface area contributed by atoms with E-state index in [0.717, 1.165) is 43.7 Å². The fraction of sp³-hybridized carbons (Fsp3) is 0.357. The fourth-order valence-electron chi connectivity index (χ4n) is 5.31. The molecule has 5 rings (SSSR count). The van der Waals surface area contributed by atoms with Crippen LogP contribution in [0.1, 0.15) is 41.3 Å². The molecule has 1 fully saturated rings. The van der Waals surface area contributed by atoms with E-state index in [-0.39, 0.29) is 23.7 Å². The molecular weight excluding hydrogens is 413 g/mol. The molecule has 170 valence electrons. The zero-order chi connectivity index (χ0) is 22.6. The molecule has 4 nitrogen and oxygen atoms in total. The lowest BCUT2D eigenvalue weighted by molar-refractivity contribution is -0.127. The molecule has 2 aromatic carbocycles. The van der Waals surface area contributed by atoms with Crippen molar-refractivity contribution in [2.75, 3.05) is 19.6 Å². The van der Waals surface area contributed by atoms with Crippen LogP contribution in [0.3, 0.4) is 0 Å². The third-order valence-corrected chi connectivity index (χ3v) is 7.08. The van der Waals surface area contributed by atoms with Crippen LogP contribution in [-0.2, 0) is 17.6 Å². The third-order valence-electron chi connectivity index (χ3n) is 7.08. The number of likely N-dealkylation sites (tertiary alicyclic amines) is 1. The van der Waals surface area contributed by atoms with Gasteiger partial charge in [0.25, 0.3) is 0 Å². The number of amides is 1. The van der Waals surface area contributed by atoms with E-state index in [0.29, 0.717) is 5.92 Å². The van der Waals surface area contributed by atoms with Gasteiger partial charge in [-0.2, -0.15) is 0 Å². The standard InChI is InChI=1S/C28H30FN3O/c29-25-10-8-21(9-11-25)27(26-7-3-4-14-30-26)31-28(33)22-12-15-32(16-13-22)19-20-17-23-5-1-2-6-24(23)18-20/h1-11,14,20,22,27H,12-13,15-19H2,(H,31,33)/t27-/m0/s1.